The second-order valence-electron chi connectivity index (χ2n) is 5.95. The van der Waals surface area contributed by atoms with E-state index in [9.17, 15) is 13.2 Å². The van der Waals surface area contributed by atoms with Crippen LogP contribution in [0.15, 0.2) is 48.7 Å². The van der Waals surface area contributed by atoms with E-state index < -0.39 is 17.5 Å². The van der Waals surface area contributed by atoms with Gasteiger partial charge < -0.3 is 10.5 Å². The Hall–Kier alpha value is -3.55. The van der Waals surface area contributed by atoms with Gasteiger partial charge in [0.1, 0.15) is 17.4 Å². The van der Waals surface area contributed by atoms with Crippen LogP contribution in [-0.2, 0) is 0 Å². The number of rotatable bonds is 3. The monoisotopic (exact) mass is 370 g/mol. The summed E-state index contributed by atoms with van der Waals surface area (Å²) in [5, 5.41) is 7.63. The highest BCUT2D eigenvalue weighted by Crippen LogP contribution is 2.36. The number of aryl methyl sites for hydroxylation is 1. The molecule has 0 saturated heterocycles. The quantitative estimate of drug-likeness (QED) is 0.540. The number of fused-ring (bicyclic) bond motifs is 1. The molecule has 0 spiro atoms. The van der Waals surface area contributed by atoms with Crippen LogP contribution in [0.3, 0.4) is 0 Å². The first kappa shape index (κ1) is 16.9. The smallest absolute Gasteiger partial charge is 0.196 e. The van der Waals surface area contributed by atoms with Crippen LogP contribution in [0.2, 0.25) is 0 Å². The first-order valence-electron chi connectivity index (χ1n) is 7.96. The lowest BCUT2D eigenvalue weighted by Gasteiger charge is -2.13. The molecule has 0 bridgehead atoms. The van der Waals surface area contributed by atoms with E-state index in [-0.39, 0.29) is 17.1 Å². The summed E-state index contributed by atoms with van der Waals surface area (Å²) in [6, 6.07) is 8.94. The third-order valence-corrected chi connectivity index (χ3v) is 4.06. The Bertz CT molecular complexity index is 1170. The molecule has 136 valence electrons. The van der Waals surface area contributed by atoms with Crippen molar-refractivity contribution in [1.82, 2.24) is 14.6 Å². The minimum absolute atomic E-state index is 0.0900. The number of hydrogen-bond donors (Lipinski definition) is 1. The number of nitrogen functional groups attached to an aromatic ring is 1. The average molecular weight is 370 g/mol. The maximum Gasteiger partial charge on any atom is 0.196 e. The van der Waals surface area contributed by atoms with Gasteiger partial charge in [-0.3, -0.25) is 4.40 Å². The molecule has 0 saturated carbocycles. The Morgan fingerprint density at radius 3 is 2.48 bits per heavy atom. The Morgan fingerprint density at radius 2 is 1.70 bits per heavy atom. The molecule has 0 aliphatic heterocycles. The molecule has 4 aromatic rings. The van der Waals surface area contributed by atoms with Gasteiger partial charge in [-0.2, -0.15) is 0 Å². The highest BCUT2D eigenvalue weighted by molar-refractivity contribution is 5.75. The molecular weight excluding hydrogens is 357 g/mol. The van der Waals surface area contributed by atoms with Gasteiger partial charge in [-0.15, -0.1) is 10.2 Å². The average Bonchev–Trinajstić information content (AvgIpc) is 3.00. The molecule has 0 aliphatic rings. The summed E-state index contributed by atoms with van der Waals surface area (Å²) < 4.78 is 48.6. The number of aromatic nitrogens is 3. The number of anilines is 1. The van der Waals surface area contributed by atoms with Crippen molar-refractivity contribution >= 4 is 11.3 Å². The van der Waals surface area contributed by atoms with E-state index in [0.29, 0.717) is 22.6 Å². The largest absolute Gasteiger partial charge is 0.454 e. The van der Waals surface area contributed by atoms with Gasteiger partial charge in [0, 0.05) is 29.1 Å². The second-order valence-corrected chi connectivity index (χ2v) is 5.95. The molecule has 0 fully saturated rings. The molecule has 5 nitrogen and oxygen atoms in total. The lowest BCUT2D eigenvalue weighted by Crippen LogP contribution is -1.97. The van der Waals surface area contributed by atoms with Crippen LogP contribution in [0.1, 0.15) is 5.82 Å². The van der Waals surface area contributed by atoms with Crippen molar-refractivity contribution in [2.75, 3.05) is 5.73 Å². The van der Waals surface area contributed by atoms with E-state index in [0.717, 1.165) is 12.1 Å². The van der Waals surface area contributed by atoms with Crippen molar-refractivity contribution < 1.29 is 17.9 Å². The molecule has 0 unspecified atom stereocenters. The number of ether oxygens (including phenoxy) is 1. The molecule has 0 aliphatic carbocycles. The molecule has 2 N–H and O–H groups in total. The van der Waals surface area contributed by atoms with Crippen molar-refractivity contribution in [2.24, 2.45) is 0 Å². The van der Waals surface area contributed by atoms with Crippen LogP contribution in [0.4, 0.5) is 18.9 Å². The summed E-state index contributed by atoms with van der Waals surface area (Å²) >= 11 is 0. The third-order valence-electron chi connectivity index (χ3n) is 4.06. The van der Waals surface area contributed by atoms with Crippen molar-refractivity contribution in [1.29, 1.82) is 0 Å². The fraction of sp³-hybridized carbons (Fsp3) is 0.0526. The van der Waals surface area contributed by atoms with E-state index in [1.165, 1.54) is 22.6 Å². The fourth-order valence-corrected chi connectivity index (χ4v) is 2.75. The second kappa shape index (κ2) is 6.31. The van der Waals surface area contributed by atoms with Gasteiger partial charge in [-0.25, -0.2) is 13.2 Å². The predicted molar refractivity (Wildman–Crippen MR) is 94.0 cm³/mol. The molecule has 2 aromatic carbocycles. The maximum atomic E-state index is 14.4. The van der Waals surface area contributed by atoms with E-state index in [4.69, 9.17) is 10.5 Å². The highest BCUT2D eigenvalue weighted by Gasteiger charge is 2.15. The number of benzene rings is 2. The van der Waals surface area contributed by atoms with Crippen LogP contribution >= 0.6 is 0 Å². The molecule has 8 heteroatoms. The zero-order valence-corrected chi connectivity index (χ0v) is 14.1. The van der Waals surface area contributed by atoms with Gasteiger partial charge in [0.2, 0.25) is 0 Å². The molecule has 0 atom stereocenters. The third kappa shape index (κ3) is 3.05. The van der Waals surface area contributed by atoms with E-state index in [1.54, 1.807) is 25.3 Å². The fourth-order valence-electron chi connectivity index (χ4n) is 2.75. The summed E-state index contributed by atoms with van der Waals surface area (Å²) in [6.07, 6.45) is 1.64. The molecular formula is C19H13F3N4O. The molecule has 0 radical (unpaired) electrons. The molecule has 0 amide bonds. The summed E-state index contributed by atoms with van der Waals surface area (Å²) in [5.74, 6) is -1.57. The number of pyridine rings is 1. The normalized spacial score (nSPS) is 11.1. The van der Waals surface area contributed by atoms with Crippen LogP contribution in [0.5, 0.6) is 11.5 Å². The Balaban J connectivity index is 1.86. The minimum atomic E-state index is -0.853. The summed E-state index contributed by atoms with van der Waals surface area (Å²) in [4.78, 5) is 0. The van der Waals surface area contributed by atoms with Crippen molar-refractivity contribution in [2.45, 2.75) is 6.92 Å². The SMILES string of the molecule is Cc1nnc2c(F)cc(-c3cc(N)ccc3Oc3ccc(F)cc3F)cn12. The van der Waals surface area contributed by atoms with E-state index in [1.807, 2.05) is 0 Å². The molecule has 4 rings (SSSR count). The summed E-state index contributed by atoms with van der Waals surface area (Å²) in [6.45, 7) is 1.69. The van der Waals surface area contributed by atoms with E-state index >= 15 is 0 Å². The predicted octanol–water partition coefficient (Wildman–Crippen LogP) is 4.50. The lowest BCUT2D eigenvalue weighted by atomic mass is 10.1. The van der Waals surface area contributed by atoms with Crippen molar-refractivity contribution in [3.8, 4) is 22.6 Å². The van der Waals surface area contributed by atoms with Gasteiger partial charge in [0.25, 0.3) is 0 Å². The first-order valence-corrected chi connectivity index (χ1v) is 7.96. The van der Waals surface area contributed by atoms with Crippen LogP contribution < -0.4 is 10.5 Å². The van der Waals surface area contributed by atoms with Gasteiger partial charge in [0.05, 0.1) is 0 Å². The summed E-state index contributed by atoms with van der Waals surface area (Å²) in [7, 11) is 0. The number of nitrogens with zero attached hydrogens (tertiary/aromatic N) is 3. The zero-order valence-electron chi connectivity index (χ0n) is 14.1. The molecule has 2 heterocycles. The van der Waals surface area contributed by atoms with Gasteiger partial charge >= 0.3 is 0 Å². The van der Waals surface area contributed by atoms with Crippen molar-refractivity contribution in [3.05, 3.63) is 71.9 Å². The van der Waals surface area contributed by atoms with Gasteiger partial charge in [0.15, 0.2) is 23.0 Å². The van der Waals surface area contributed by atoms with Gasteiger partial charge in [-0.1, -0.05) is 0 Å². The Labute approximate surface area is 151 Å². The maximum absolute atomic E-state index is 14.4. The number of nitrogens with two attached hydrogens (primary N) is 1. The Kier molecular flexibility index (Phi) is 3.95. The van der Waals surface area contributed by atoms with Crippen LogP contribution in [0, 0.1) is 24.4 Å². The standard InChI is InChI=1S/C19H13F3N4O/c1-10-24-25-19-16(22)6-11(9-26(10)19)14-8-13(23)3-5-17(14)27-18-4-2-12(20)7-15(18)21/h2-9H,23H2,1H3. The first-order chi connectivity index (χ1) is 12.9. The highest BCUT2D eigenvalue weighted by atomic mass is 19.1. The summed E-state index contributed by atoms with van der Waals surface area (Å²) in [5.41, 5.74) is 7.24. The van der Waals surface area contributed by atoms with Crippen LogP contribution in [0.25, 0.3) is 16.8 Å². The zero-order chi connectivity index (χ0) is 19.1. The van der Waals surface area contributed by atoms with Crippen molar-refractivity contribution in [3.63, 3.8) is 0 Å². The lowest BCUT2D eigenvalue weighted by molar-refractivity contribution is 0.439. The topological polar surface area (TPSA) is 65.4 Å². The minimum Gasteiger partial charge on any atom is -0.454 e. The Morgan fingerprint density at radius 1 is 0.926 bits per heavy atom. The van der Waals surface area contributed by atoms with Crippen LogP contribution in [-0.4, -0.2) is 14.6 Å². The number of hydrogen-bond acceptors (Lipinski definition) is 4. The number of halogens is 3. The van der Waals surface area contributed by atoms with E-state index in [2.05, 4.69) is 10.2 Å². The van der Waals surface area contributed by atoms with Gasteiger partial charge in [-0.05, 0) is 43.3 Å². The molecule has 2 aromatic heterocycles. The molecule has 27 heavy (non-hydrogen) atoms.